The molecule has 0 aliphatic rings. The second-order valence-corrected chi connectivity index (χ2v) is 5.91. The van der Waals surface area contributed by atoms with Crippen LogP contribution in [0, 0.1) is 15.9 Å². The highest BCUT2D eigenvalue weighted by Gasteiger charge is 2.33. The Balaban J connectivity index is 1.89. The van der Waals surface area contributed by atoms with Crippen molar-refractivity contribution in [3.8, 4) is 5.75 Å². The Hall–Kier alpha value is -3.37. The van der Waals surface area contributed by atoms with Crippen LogP contribution in [0.1, 0.15) is 11.1 Å². The van der Waals surface area contributed by atoms with Crippen molar-refractivity contribution < 1.29 is 32.0 Å². The molecule has 0 radical (unpaired) electrons. The number of methoxy groups -OCH3 is 1. The normalized spacial score (nSPS) is 11.1. The largest absolute Gasteiger partial charge is 0.494 e. The van der Waals surface area contributed by atoms with E-state index in [1.54, 1.807) is 0 Å². The number of nitro benzene ring substituents is 1. The van der Waals surface area contributed by atoms with E-state index >= 15 is 0 Å². The lowest BCUT2D eigenvalue weighted by Crippen LogP contribution is -2.30. The number of amides is 1. The summed E-state index contributed by atoms with van der Waals surface area (Å²) in [5.74, 6) is -0.969. The van der Waals surface area contributed by atoms with Crippen LogP contribution in [0.4, 0.5) is 28.9 Å². The van der Waals surface area contributed by atoms with Crippen LogP contribution in [0.2, 0.25) is 0 Å². The SMILES string of the molecule is COc1ccc(CC(=O)NCCNc2ccc(C(F)(F)F)cc2[N+](=O)[O-])cc1F. The lowest BCUT2D eigenvalue weighted by molar-refractivity contribution is -0.384. The van der Waals surface area contributed by atoms with Gasteiger partial charge in [-0.3, -0.25) is 14.9 Å². The predicted molar refractivity (Wildman–Crippen MR) is 96.3 cm³/mol. The Morgan fingerprint density at radius 3 is 2.48 bits per heavy atom. The fourth-order valence-corrected chi connectivity index (χ4v) is 2.48. The van der Waals surface area contributed by atoms with Crippen LogP contribution in [0.3, 0.4) is 0 Å². The van der Waals surface area contributed by atoms with Gasteiger partial charge in [0.05, 0.1) is 24.0 Å². The van der Waals surface area contributed by atoms with E-state index in [4.69, 9.17) is 4.74 Å². The van der Waals surface area contributed by atoms with Crippen molar-refractivity contribution in [2.75, 3.05) is 25.5 Å². The smallest absolute Gasteiger partial charge is 0.416 e. The summed E-state index contributed by atoms with van der Waals surface area (Å²) in [7, 11) is 1.32. The van der Waals surface area contributed by atoms with E-state index in [1.165, 1.54) is 25.3 Å². The standard InChI is InChI=1S/C18H17F4N3O4/c1-29-16-5-2-11(8-13(16)19)9-17(26)24-7-6-23-14-4-3-12(18(20,21)22)10-15(14)25(27)28/h2-5,8,10,23H,6-7,9H2,1H3,(H,24,26). The minimum absolute atomic E-state index is 0.0366. The first-order chi connectivity index (χ1) is 13.6. The van der Waals surface area contributed by atoms with Crippen molar-refractivity contribution in [1.82, 2.24) is 5.32 Å². The van der Waals surface area contributed by atoms with E-state index in [0.717, 1.165) is 12.1 Å². The average Bonchev–Trinajstić information content (AvgIpc) is 2.64. The summed E-state index contributed by atoms with van der Waals surface area (Å²) in [6.07, 6.45) is -4.79. The molecule has 0 saturated carbocycles. The molecule has 2 aromatic carbocycles. The van der Waals surface area contributed by atoms with Gasteiger partial charge >= 0.3 is 6.18 Å². The third kappa shape index (κ3) is 6.06. The molecule has 0 unspecified atom stereocenters. The van der Waals surface area contributed by atoms with Gasteiger partial charge in [0, 0.05) is 19.2 Å². The van der Waals surface area contributed by atoms with E-state index in [0.29, 0.717) is 11.6 Å². The Labute approximate surface area is 162 Å². The van der Waals surface area contributed by atoms with Crippen LogP contribution in [-0.2, 0) is 17.4 Å². The van der Waals surface area contributed by atoms with Crippen LogP contribution in [-0.4, -0.2) is 31.0 Å². The molecule has 0 aliphatic carbocycles. The van der Waals surface area contributed by atoms with Crippen molar-refractivity contribution in [3.63, 3.8) is 0 Å². The monoisotopic (exact) mass is 415 g/mol. The minimum Gasteiger partial charge on any atom is -0.494 e. The van der Waals surface area contributed by atoms with Crippen molar-refractivity contribution in [3.05, 3.63) is 63.5 Å². The number of alkyl halides is 3. The molecule has 0 bridgehead atoms. The molecule has 2 rings (SSSR count). The van der Waals surface area contributed by atoms with E-state index in [9.17, 15) is 32.5 Å². The van der Waals surface area contributed by atoms with Gasteiger partial charge in [-0.25, -0.2) is 4.39 Å². The molecule has 29 heavy (non-hydrogen) atoms. The number of nitrogens with zero attached hydrogens (tertiary/aromatic N) is 1. The minimum atomic E-state index is -4.70. The van der Waals surface area contributed by atoms with E-state index in [-0.39, 0.29) is 30.9 Å². The summed E-state index contributed by atoms with van der Waals surface area (Å²) >= 11 is 0. The number of hydrogen-bond donors (Lipinski definition) is 2. The Morgan fingerprint density at radius 1 is 1.17 bits per heavy atom. The summed E-state index contributed by atoms with van der Waals surface area (Å²) in [4.78, 5) is 22.0. The maximum absolute atomic E-state index is 13.6. The van der Waals surface area contributed by atoms with Gasteiger partial charge in [0.15, 0.2) is 11.6 Å². The van der Waals surface area contributed by atoms with Gasteiger partial charge in [-0.1, -0.05) is 6.07 Å². The van der Waals surface area contributed by atoms with E-state index < -0.39 is 34.1 Å². The fraction of sp³-hybridized carbons (Fsp3) is 0.278. The highest BCUT2D eigenvalue weighted by molar-refractivity contribution is 5.78. The summed E-state index contributed by atoms with van der Waals surface area (Å²) in [6.45, 7) is 0.0879. The molecule has 0 aliphatic heterocycles. The molecule has 0 spiro atoms. The molecule has 2 aromatic rings. The van der Waals surface area contributed by atoms with Gasteiger partial charge < -0.3 is 15.4 Å². The van der Waals surface area contributed by atoms with Crippen LogP contribution >= 0.6 is 0 Å². The molecule has 7 nitrogen and oxygen atoms in total. The zero-order valence-corrected chi connectivity index (χ0v) is 15.2. The molecule has 11 heteroatoms. The molecule has 0 fully saturated rings. The lowest BCUT2D eigenvalue weighted by Gasteiger charge is -2.11. The Bertz CT molecular complexity index is 903. The summed E-state index contributed by atoms with van der Waals surface area (Å²) < 4.78 is 56.4. The lowest BCUT2D eigenvalue weighted by atomic mass is 10.1. The maximum atomic E-state index is 13.6. The zero-order chi connectivity index (χ0) is 21.6. The average molecular weight is 415 g/mol. The number of ether oxygens (including phenoxy) is 1. The molecular formula is C18H17F4N3O4. The van der Waals surface area contributed by atoms with Crippen LogP contribution < -0.4 is 15.4 Å². The van der Waals surface area contributed by atoms with E-state index in [1.807, 2.05) is 0 Å². The molecule has 0 heterocycles. The number of rotatable bonds is 8. The number of nitro groups is 1. The van der Waals surface area contributed by atoms with Gasteiger partial charge in [-0.2, -0.15) is 13.2 Å². The molecule has 2 N–H and O–H groups in total. The van der Waals surface area contributed by atoms with Gasteiger partial charge in [0.2, 0.25) is 5.91 Å². The third-order valence-corrected chi connectivity index (χ3v) is 3.87. The highest BCUT2D eigenvalue weighted by Crippen LogP contribution is 2.34. The van der Waals surface area contributed by atoms with Gasteiger partial charge in [0.1, 0.15) is 5.69 Å². The molecule has 156 valence electrons. The van der Waals surface area contributed by atoms with Crippen molar-refractivity contribution in [2.24, 2.45) is 0 Å². The number of halogens is 4. The summed E-state index contributed by atoms with van der Waals surface area (Å²) in [5, 5.41) is 16.2. The first-order valence-electron chi connectivity index (χ1n) is 8.30. The maximum Gasteiger partial charge on any atom is 0.416 e. The first kappa shape index (κ1) is 21.9. The van der Waals surface area contributed by atoms with Crippen LogP contribution in [0.25, 0.3) is 0 Å². The Morgan fingerprint density at radius 2 is 1.90 bits per heavy atom. The van der Waals surface area contributed by atoms with Gasteiger partial charge in [0.25, 0.3) is 5.69 Å². The topological polar surface area (TPSA) is 93.5 Å². The predicted octanol–water partition coefficient (Wildman–Crippen LogP) is 3.53. The van der Waals surface area contributed by atoms with Gasteiger partial charge in [-0.05, 0) is 29.8 Å². The molecule has 0 aromatic heterocycles. The molecule has 1 amide bonds. The first-order valence-corrected chi connectivity index (χ1v) is 8.30. The number of hydrogen-bond acceptors (Lipinski definition) is 5. The number of benzene rings is 2. The second kappa shape index (κ2) is 9.22. The molecule has 0 saturated heterocycles. The molecule has 0 atom stereocenters. The van der Waals surface area contributed by atoms with E-state index in [2.05, 4.69) is 10.6 Å². The molecular weight excluding hydrogens is 398 g/mol. The quantitative estimate of drug-likeness (QED) is 0.298. The fourth-order valence-electron chi connectivity index (χ4n) is 2.48. The van der Waals surface area contributed by atoms with Crippen LogP contribution in [0.15, 0.2) is 36.4 Å². The zero-order valence-electron chi connectivity index (χ0n) is 15.2. The van der Waals surface area contributed by atoms with Gasteiger partial charge in [-0.15, -0.1) is 0 Å². The number of nitrogens with one attached hydrogen (secondary N) is 2. The van der Waals surface area contributed by atoms with Crippen molar-refractivity contribution in [2.45, 2.75) is 12.6 Å². The highest BCUT2D eigenvalue weighted by atomic mass is 19.4. The number of anilines is 1. The summed E-state index contributed by atoms with van der Waals surface area (Å²) in [6, 6.07) is 6.23. The number of carbonyl (C=O) groups is 1. The Kier molecular flexibility index (Phi) is 6.97. The second-order valence-electron chi connectivity index (χ2n) is 5.91. The van der Waals surface area contributed by atoms with Crippen molar-refractivity contribution >= 4 is 17.3 Å². The summed E-state index contributed by atoms with van der Waals surface area (Å²) in [5.41, 5.74) is -1.53. The third-order valence-electron chi connectivity index (χ3n) is 3.87. The number of carbonyl (C=O) groups excluding carboxylic acids is 1. The van der Waals surface area contributed by atoms with Crippen LogP contribution in [0.5, 0.6) is 5.75 Å². The van der Waals surface area contributed by atoms with Crippen molar-refractivity contribution in [1.29, 1.82) is 0 Å².